The number of hydrogen-bond acceptors (Lipinski definition) is 3. The molecule has 2 heterocycles. The van der Waals surface area contributed by atoms with Crippen molar-refractivity contribution in [3.8, 4) is 0 Å². The van der Waals surface area contributed by atoms with E-state index in [1.807, 2.05) is 0 Å². The van der Waals surface area contributed by atoms with Crippen molar-refractivity contribution in [3.63, 3.8) is 0 Å². The van der Waals surface area contributed by atoms with Crippen molar-refractivity contribution < 1.29 is 4.79 Å². The molecule has 2 atom stereocenters. The minimum atomic E-state index is 0.0998. The molecule has 0 bridgehead atoms. The number of nitrogens with one attached hydrogen (secondary N) is 1. The van der Waals surface area contributed by atoms with Gasteiger partial charge in [-0.1, -0.05) is 0 Å². The normalized spacial score (nSPS) is 30.3. The lowest BCUT2D eigenvalue weighted by Crippen LogP contribution is -2.48. The largest absolute Gasteiger partial charge is 0.337 e. The summed E-state index contributed by atoms with van der Waals surface area (Å²) in [6.07, 6.45) is 4.49. The Morgan fingerprint density at radius 1 is 1.38 bits per heavy atom. The first kappa shape index (κ1) is 11.9. The average molecular weight is 225 g/mol. The number of likely N-dealkylation sites (N-methyl/N-ethyl adjacent to an activating group) is 1. The van der Waals surface area contributed by atoms with E-state index in [2.05, 4.69) is 29.2 Å². The maximum absolute atomic E-state index is 12.3. The molecule has 92 valence electrons. The fraction of sp³-hybridized carbons (Fsp3) is 0.917. The van der Waals surface area contributed by atoms with Gasteiger partial charge in [0.15, 0.2) is 0 Å². The molecule has 1 unspecified atom stereocenters. The van der Waals surface area contributed by atoms with Gasteiger partial charge in [-0.2, -0.15) is 0 Å². The van der Waals surface area contributed by atoms with Crippen LogP contribution in [0.2, 0.25) is 0 Å². The Morgan fingerprint density at radius 2 is 2.19 bits per heavy atom. The molecule has 2 aliphatic rings. The zero-order valence-electron chi connectivity index (χ0n) is 10.4. The molecule has 2 fully saturated rings. The number of hydrogen-bond donors (Lipinski definition) is 1. The van der Waals surface area contributed by atoms with Gasteiger partial charge < -0.3 is 15.1 Å². The molecule has 2 aliphatic heterocycles. The van der Waals surface area contributed by atoms with Crippen LogP contribution in [0, 0.1) is 0 Å². The first-order chi connectivity index (χ1) is 7.68. The van der Waals surface area contributed by atoms with E-state index in [0.717, 1.165) is 45.3 Å². The van der Waals surface area contributed by atoms with Crippen LogP contribution in [0.15, 0.2) is 0 Å². The minimum absolute atomic E-state index is 0.0998. The van der Waals surface area contributed by atoms with Crippen molar-refractivity contribution in [1.82, 2.24) is 15.1 Å². The highest BCUT2D eigenvalue weighted by atomic mass is 16.2. The van der Waals surface area contributed by atoms with Crippen molar-refractivity contribution in [2.75, 3.05) is 33.7 Å². The lowest BCUT2D eigenvalue weighted by molar-refractivity contribution is -0.134. The van der Waals surface area contributed by atoms with E-state index in [0.29, 0.717) is 11.9 Å². The number of rotatable bonds is 3. The molecule has 1 amide bonds. The van der Waals surface area contributed by atoms with E-state index in [-0.39, 0.29) is 6.04 Å². The minimum Gasteiger partial charge on any atom is -0.337 e. The molecular formula is C12H23N3O. The summed E-state index contributed by atoms with van der Waals surface area (Å²) in [4.78, 5) is 16.6. The molecule has 0 saturated carbocycles. The van der Waals surface area contributed by atoms with Crippen LogP contribution in [-0.2, 0) is 4.79 Å². The Balaban J connectivity index is 1.93. The number of amides is 1. The highest BCUT2D eigenvalue weighted by Gasteiger charge is 2.34. The quantitative estimate of drug-likeness (QED) is 0.750. The van der Waals surface area contributed by atoms with E-state index in [1.165, 1.54) is 0 Å². The third kappa shape index (κ3) is 2.55. The van der Waals surface area contributed by atoms with Gasteiger partial charge in [0.05, 0.1) is 6.04 Å². The van der Waals surface area contributed by atoms with Gasteiger partial charge in [0.1, 0.15) is 0 Å². The van der Waals surface area contributed by atoms with Gasteiger partial charge >= 0.3 is 0 Å². The molecule has 4 nitrogen and oxygen atoms in total. The Hall–Kier alpha value is -0.610. The number of nitrogens with zero attached hydrogens (tertiary/aromatic N) is 2. The average Bonchev–Trinajstić information content (AvgIpc) is 2.84. The fourth-order valence-electron chi connectivity index (χ4n) is 2.83. The van der Waals surface area contributed by atoms with Gasteiger partial charge in [-0.3, -0.25) is 4.79 Å². The van der Waals surface area contributed by atoms with Crippen molar-refractivity contribution in [2.45, 2.75) is 37.8 Å². The van der Waals surface area contributed by atoms with E-state index in [1.54, 1.807) is 0 Å². The predicted octanol–water partition coefficient (Wildman–Crippen LogP) is 0.291. The fourth-order valence-corrected chi connectivity index (χ4v) is 2.83. The summed E-state index contributed by atoms with van der Waals surface area (Å²) in [5.41, 5.74) is 0. The van der Waals surface area contributed by atoms with Crippen LogP contribution in [0.1, 0.15) is 25.7 Å². The molecule has 1 N–H and O–H groups in total. The van der Waals surface area contributed by atoms with E-state index in [9.17, 15) is 4.79 Å². The van der Waals surface area contributed by atoms with Gasteiger partial charge in [-0.15, -0.1) is 0 Å². The van der Waals surface area contributed by atoms with Crippen LogP contribution in [0.3, 0.4) is 0 Å². The SMILES string of the molecule is CN(C)CC1CCCN1C(=O)[C@@H]1CCCN1. The molecule has 16 heavy (non-hydrogen) atoms. The molecule has 2 rings (SSSR count). The third-order valence-electron chi connectivity index (χ3n) is 3.59. The van der Waals surface area contributed by atoms with Crippen LogP contribution >= 0.6 is 0 Å². The molecular weight excluding hydrogens is 202 g/mol. The van der Waals surface area contributed by atoms with Crippen molar-refractivity contribution in [2.24, 2.45) is 0 Å². The summed E-state index contributed by atoms with van der Waals surface area (Å²) in [6, 6.07) is 0.535. The van der Waals surface area contributed by atoms with Gasteiger partial charge in [-0.05, 0) is 46.3 Å². The Kier molecular flexibility index (Phi) is 3.82. The van der Waals surface area contributed by atoms with Gasteiger partial charge in [0.25, 0.3) is 0 Å². The van der Waals surface area contributed by atoms with Crippen molar-refractivity contribution in [1.29, 1.82) is 0 Å². The topological polar surface area (TPSA) is 35.6 Å². The summed E-state index contributed by atoms with van der Waals surface area (Å²) in [6.45, 7) is 2.95. The summed E-state index contributed by atoms with van der Waals surface area (Å²) in [5.74, 6) is 0.335. The second-order valence-corrected chi connectivity index (χ2v) is 5.24. The lowest BCUT2D eigenvalue weighted by Gasteiger charge is -2.29. The summed E-state index contributed by atoms with van der Waals surface area (Å²) in [5, 5.41) is 3.30. The van der Waals surface area contributed by atoms with Gasteiger partial charge in [0.2, 0.25) is 5.91 Å². The van der Waals surface area contributed by atoms with Crippen molar-refractivity contribution in [3.05, 3.63) is 0 Å². The van der Waals surface area contributed by atoms with Crippen LogP contribution in [0.25, 0.3) is 0 Å². The smallest absolute Gasteiger partial charge is 0.239 e. The Labute approximate surface area is 98.0 Å². The van der Waals surface area contributed by atoms with E-state index < -0.39 is 0 Å². The zero-order chi connectivity index (χ0) is 11.5. The summed E-state index contributed by atoms with van der Waals surface area (Å²) in [7, 11) is 4.16. The molecule has 0 spiro atoms. The second kappa shape index (κ2) is 5.15. The first-order valence-electron chi connectivity index (χ1n) is 6.37. The molecule has 4 heteroatoms. The van der Waals surface area contributed by atoms with Crippen LogP contribution in [0.5, 0.6) is 0 Å². The van der Waals surface area contributed by atoms with Crippen LogP contribution < -0.4 is 5.32 Å². The van der Waals surface area contributed by atoms with Crippen LogP contribution in [-0.4, -0.2) is 61.5 Å². The standard InChI is InChI=1S/C12H23N3O/c1-14(2)9-10-5-4-8-15(10)12(16)11-6-3-7-13-11/h10-11,13H,3-9H2,1-2H3/t10?,11-/m0/s1. The number of carbonyl (C=O) groups is 1. The van der Waals surface area contributed by atoms with Gasteiger partial charge in [-0.25, -0.2) is 0 Å². The lowest BCUT2D eigenvalue weighted by atomic mass is 10.1. The second-order valence-electron chi connectivity index (χ2n) is 5.24. The van der Waals surface area contributed by atoms with Crippen molar-refractivity contribution >= 4 is 5.91 Å². The predicted molar refractivity (Wildman–Crippen MR) is 64.3 cm³/mol. The zero-order valence-corrected chi connectivity index (χ0v) is 10.4. The van der Waals surface area contributed by atoms with E-state index in [4.69, 9.17) is 0 Å². The highest BCUT2D eigenvalue weighted by molar-refractivity contribution is 5.82. The maximum Gasteiger partial charge on any atom is 0.239 e. The van der Waals surface area contributed by atoms with Gasteiger partial charge in [0, 0.05) is 19.1 Å². The molecule has 0 aromatic rings. The number of likely N-dealkylation sites (tertiary alicyclic amines) is 1. The summed E-state index contributed by atoms with van der Waals surface area (Å²) >= 11 is 0. The third-order valence-corrected chi connectivity index (χ3v) is 3.59. The molecule has 0 aliphatic carbocycles. The molecule has 0 aromatic heterocycles. The first-order valence-corrected chi connectivity index (χ1v) is 6.37. The molecule has 0 radical (unpaired) electrons. The number of carbonyl (C=O) groups excluding carboxylic acids is 1. The molecule has 0 aromatic carbocycles. The molecule has 2 saturated heterocycles. The van der Waals surface area contributed by atoms with E-state index >= 15 is 0 Å². The monoisotopic (exact) mass is 225 g/mol. The highest BCUT2D eigenvalue weighted by Crippen LogP contribution is 2.20. The summed E-state index contributed by atoms with van der Waals surface area (Å²) < 4.78 is 0. The maximum atomic E-state index is 12.3. The van der Waals surface area contributed by atoms with Crippen LogP contribution in [0.4, 0.5) is 0 Å². The Morgan fingerprint density at radius 3 is 2.81 bits per heavy atom. The Bertz CT molecular complexity index is 249.